The standard InChI is InChI=1S/C27H41NO4SeSi/c1-19(32-34(8,9)26(5,6)7)22-21-17-13-14-18-27(28(21)23(22)29,24(30)31-25(2,3)4)33-20-15-11-10-12-16-20/h10-16,19,21-22H,17-18H2,1-9H3/t19-,21-,22-,27?/m1/s1. The van der Waals surface area contributed by atoms with Crippen molar-refractivity contribution >= 4 is 39.6 Å². The molecule has 188 valence electrons. The van der Waals surface area contributed by atoms with E-state index in [9.17, 15) is 9.59 Å². The van der Waals surface area contributed by atoms with Crippen LogP contribution in [0.2, 0.25) is 18.1 Å². The van der Waals surface area contributed by atoms with Crippen molar-refractivity contribution in [2.24, 2.45) is 5.92 Å². The average Bonchev–Trinajstić information content (AvgIpc) is 2.83. The molecule has 0 saturated carbocycles. The number of hydrogen-bond acceptors (Lipinski definition) is 4. The van der Waals surface area contributed by atoms with E-state index in [2.05, 4.69) is 46.0 Å². The fourth-order valence-corrected chi connectivity index (χ4v) is 8.61. The van der Waals surface area contributed by atoms with Gasteiger partial charge in [0.25, 0.3) is 0 Å². The fourth-order valence-electron chi connectivity index (χ4n) is 4.43. The number of fused-ring (bicyclic) bond motifs is 1. The average molecular weight is 551 g/mol. The summed E-state index contributed by atoms with van der Waals surface area (Å²) in [5, 5.41) is 0.0633. The van der Waals surface area contributed by atoms with Crippen LogP contribution in [0.4, 0.5) is 0 Å². The molecule has 34 heavy (non-hydrogen) atoms. The molecule has 0 aromatic heterocycles. The summed E-state index contributed by atoms with van der Waals surface area (Å²) in [6, 6.07) is 9.96. The first-order chi connectivity index (χ1) is 15.6. The molecular weight excluding hydrogens is 509 g/mol. The number of nitrogens with zero attached hydrogens (tertiary/aromatic N) is 1. The third-order valence-electron chi connectivity index (χ3n) is 7.14. The molecular formula is C27H41NO4SeSi. The number of esters is 1. The van der Waals surface area contributed by atoms with Crippen LogP contribution < -0.4 is 4.46 Å². The molecule has 3 rings (SSSR count). The van der Waals surface area contributed by atoms with E-state index < -0.39 is 18.4 Å². The number of amides is 1. The number of rotatable bonds is 6. The van der Waals surface area contributed by atoms with Crippen molar-refractivity contribution in [2.45, 2.75) is 102 Å². The van der Waals surface area contributed by atoms with Gasteiger partial charge in [0.15, 0.2) is 0 Å². The number of carbonyl (C=O) groups is 2. The van der Waals surface area contributed by atoms with E-state index in [1.807, 2.05) is 62.9 Å². The molecule has 0 radical (unpaired) electrons. The van der Waals surface area contributed by atoms with Gasteiger partial charge >= 0.3 is 213 Å². The maximum absolute atomic E-state index is 13.8. The van der Waals surface area contributed by atoms with Crippen LogP contribution in [0.5, 0.6) is 0 Å². The van der Waals surface area contributed by atoms with Crippen molar-refractivity contribution in [1.29, 1.82) is 0 Å². The van der Waals surface area contributed by atoms with Crippen LogP contribution in [0.25, 0.3) is 0 Å². The van der Waals surface area contributed by atoms with E-state index in [0.717, 1.165) is 10.9 Å². The van der Waals surface area contributed by atoms with Crippen LogP contribution in [0.15, 0.2) is 42.5 Å². The summed E-state index contributed by atoms with van der Waals surface area (Å²) in [5.41, 5.74) is -0.631. The molecule has 4 atom stereocenters. The molecule has 0 aliphatic carbocycles. The molecule has 2 heterocycles. The normalized spacial score (nSPS) is 26.4. The van der Waals surface area contributed by atoms with Crippen LogP contribution in [-0.4, -0.2) is 62.2 Å². The molecule has 1 unspecified atom stereocenters. The van der Waals surface area contributed by atoms with E-state index in [4.69, 9.17) is 9.16 Å². The van der Waals surface area contributed by atoms with Crippen molar-refractivity contribution in [3.05, 3.63) is 42.5 Å². The van der Waals surface area contributed by atoms with Crippen molar-refractivity contribution < 1.29 is 18.8 Å². The molecule has 2 aliphatic heterocycles. The third kappa shape index (κ3) is 5.38. The first kappa shape index (κ1) is 27.2. The van der Waals surface area contributed by atoms with Crippen molar-refractivity contribution in [2.75, 3.05) is 0 Å². The topological polar surface area (TPSA) is 55.8 Å². The Hall–Kier alpha value is -1.40. The second-order valence-electron chi connectivity index (χ2n) is 12.0. The van der Waals surface area contributed by atoms with E-state index in [1.54, 1.807) is 0 Å². The molecule has 0 spiro atoms. The molecule has 2 aliphatic rings. The van der Waals surface area contributed by atoms with Crippen molar-refractivity contribution in [1.82, 2.24) is 4.90 Å². The fraction of sp³-hybridized carbons (Fsp3) is 0.630. The maximum atomic E-state index is 13.8. The van der Waals surface area contributed by atoms with Crippen LogP contribution in [0, 0.1) is 5.92 Å². The summed E-state index contributed by atoms with van der Waals surface area (Å²) in [7, 11) is -2.04. The zero-order valence-electron chi connectivity index (χ0n) is 22.2. The molecule has 1 amide bonds. The predicted octanol–water partition coefficient (Wildman–Crippen LogP) is 4.64. The van der Waals surface area contributed by atoms with Gasteiger partial charge in [-0.05, 0) is 0 Å². The van der Waals surface area contributed by atoms with E-state index in [0.29, 0.717) is 6.42 Å². The zero-order chi connectivity index (χ0) is 25.5. The van der Waals surface area contributed by atoms with Gasteiger partial charge in [-0.25, -0.2) is 0 Å². The van der Waals surface area contributed by atoms with Crippen molar-refractivity contribution in [3.63, 3.8) is 0 Å². The molecule has 1 fully saturated rings. The zero-order valence-corrected chi connectivity index (χ0v) is 24.9. The molecule has 5 nitrogen and oxygen atoms in total. The summed E-state index contributed by atoms with van der Waals surface area (Å²) in [6.07, 6.45) is 5.21. The van der Waals surface area contributed by atoms with Gasteiger partial charge in [0.05, 0.1) is 0 Å². The molecule has 1 aromatic carbocycles. The van der Waals surface area contributed by atoms with Crippen LogP contribution >= 0.6 is 0 Å². The van der Waals surface area contributed by atoms with Crippen LogP contribution in [-0.2, 0) is 18.8 Å². The summed E-state index contributed by atoms with van der Waals surface area (Å²) in [4.78, 5) is 29.5. The summed E-state index contributed by atoms with van der Waals surface area (Å²) in [6.45, 7) is 18.8. The second-order valence-corrected chi connectivity index (χ2v) is 19.6. The van der Waals surface area contributed by atoms with Gasteiger partial charge in [-0.3, -0.25) is 0 Å². The number of ether oxygens (including phenoxy) is 1. The van der Waals surface area contributed by atoms with E-state index in [-0.39, 0.29) is 49.9 Å². The van der Waals surface area contributed by atoms with Gasteiger partial charge in [-0.2, -0.15) is 0 Å². The number of carbonyl (C=O) groups excluding carboxylic acids is 2. The first-order valence-electron chi connectivity index (χ1n) is 12.2. The van der Waals surface area contributed by atoms with Gasteiger partial charge in [0.1, 0.15) is 0 Å². The quantitative estimate of drug-likeness (QED) is 0.224. The van der Waals surface area contributed by atoms with Gasteiger partial charge in [0, 0.05) is 0 Å². The Labute approximate surface area is 212 Å². The molecule has 1 aromatic rings. The Bertz CT molecular complexity index is 934. The van der Waals surface area contributed by atoms with E-state index in [1.165, 1.54) is 0 Å². The van der Waals surface area contributed by atoms with Gasteiger partial charge < -0.3 is 0 Å². The third-order valence-corrected chi connectivity index (χ3v) is 14.6. The minimum atomic E-state index is -2.04. The number of hydrogen-bond donors (Lipinski definition) is 0. The minimum absolute atomic E-state index is 0.0172. The molecule has 0 N–H and O–H groups in total. The monoisotopic (exact) mass is 551 g/mol. The predicted molar refractivity (Wildman–Crippen MR) is 141 cm³/mol. The van der Waals surface area contributed by atoms with Crippen LogP contribution in [0.1, 0.15) is 61.3 Å². The first-order valence-corrected chi connectivity index (χ1v) is 16.8. The number of benzene rings is 1. The number of β-lactam (4-membered cyclic amide) rings is 1. The Morgan fingerprint density at radius 3 is 2.29 bits per heavy atom. The Morgan fingerprint density at radius 1 is 1.12 bits per heavy atom. The summed E-state index contributed by atoms with van der Waals surface area (Å²) < 4.78 is 12.7. The second kappa shape index (κ2) is 9.57. The Balaban J connectivity index is 1.97. The molecule has 0 bridgehead atoms. The van der Waals surface area contributed by atoms with Crippen molar-refractivity contribution in [3.8, 4) is 0 Å². The van der Waals surface area contributed by atoms with E-state index >= 15 is 0 Å². The summed E-state index contributed by atoms with van der Waals surface area (Å²) >= 11 is -0.312. The Kier molecular flexibility index (Phi) is 7.65. The SMILES string of the molecule is C[C@@H](O[Si](C)(C)C(C)(C)C)[C@H]1C(=O)N2[C@@H]1CC=CCC2([Se]c1ccccc1)C(=O)OC(C)(C)C. The van der Waals surface area contributed by atoms with Crippen LogP contribution in [0.3, 0.4) is 0 Å². The molecule has 1 saturated heterocycles. The molecule has 7 heteroatoms. The Morgan fingerprint density at radius 2 is 1.74 bits per heavy atom. The van der Waals surface area contributed by atoms with Gasteiger partial charge in [-0.1, -0.05) is 0 Å². The summed E-state index contributed by atoms with van der Waals surface area (Å²) in [5.74, 6) is -0.529. The van der Waals surface area contributed by atoms with Gasteiger partial charge in [-0.15, -0.1) is 0 Å². The van der Waals surface area contributed by atoms with Gasteiger partial charge in [0.2, 0.25) is 0 Å².